The Kier molecular flexibility index (Phi) is 3.22. The van der Waals surface area contributed by atoms with E-state index in [9.17, 15) is 8.42 Å². The second kappa shape index (κ2) is 4.21. The van der Waals surface area contributed by atoms with Crippen molar-refractivity contribution in [1.82, 2.24) is 14.9 Å². The van der Waals surface area contributed by atoms with Gasteiger partial charge >= 0.3 is 0 Å². The molecule has 0 bridgehead atoms. The predicted molar refractivity (Wildman–Crippen MR) is 48.6 cm³/mol. The Balaban J connectivity index is 2.74. The first-order valence-electron chi connectivity index (χ1n) is 3.95. The average molecular weight is 214 g/mol. The molecule has 76 valence electrons. The van der Waals surface area contributed by atoms with Crippen molar-refractivity contribution in [2.24, 2.45) is 0 Å². The number of nitrogens with zero attached hydrogens (tertiary/aromatic N) is 2. The Bertz CT molecular complexity index is 417. The first kappa shape index (κ1) is 10.7. The molecule has 0 aromatic carbocycles. The molecule has 0 aliphatic rings. The fraction of sp³-hybridized carbons (Fsp3) is 0.429. The third kappa shape index (κ3) is 2.55. The maximum Gasteiger partial charge on any atom is 0.257 e. The highest BCUT2D eigenvalue weighted by Crippen LogP contribution is 2.04. The predicted octanol–water partition coefficient (Wildman–Crippen LogP) is -0.00982. The van der Waals surface area contributed by atoms with E-state index in [0.717, 1.165) is 0 Å². The molecule has 1 unspecified atom stereocenters. The molecular formula is C7H10N4O2S. The van der Waals surface area contributed by atoms with E-state index in [4.69, 9.17) is 5.26 Å². The zero-order valence-electron chi connectivity index (χ0n) is 7.56. The van der Waals surface area contributed by atoms with Gasteiger partial charge in [-0.05, 0) is 13.0 Å². The summed E-state index contributed by atoms with van der Waals surface area (Å²) in [5, 5.41) is 14.2. The van der Waals surface area contributed by atoms with Crippen molar-refractivity contribution in [3.8, 4) is 6.07 Å². The molecule has 0 fully saturated rings. The van der Waals surface area contributed by atoms with Crippen LogP contribution in [0.3, 0.4) is 0 Å². The Morgan fingerprint density at radius 3 is 3.00 bits per heavy atom. The average Bonchev–Trinajstić information content (AvgIpc) is 2.54. The fourth-order valence-corrected chi connectivity index (χ4v) is 2.05. The molecule has 6 nitrogen and oxygen atoms in total. The van der Waals surface area contributed by atoms with Crippen molar-refractivity contribution in [1.29, 1.82) is 5.26 Å². The van der Waals surface area contributed by atoms with Crippen LogP contribution < -0.4 is 4.72 Å². The number of nitriles is 1. The second-order valence-corrected chi connectivity index (χ2v) is 4.49. The van der Waals surface area contributed by atoms with Crippen LogP contribution in [0.1, 0.15) is 13.3 Å². The summed E-state index contributed by atoms with van der Waals surface area (Å²) in [6.07, 6.45) is 1.48. The Hall–Kier alpha value is -1.39. The summed E-state index contributed by atoms with van der Waals surface area (Å²) < 4.78 is 25.3. The summed E-state index contributed by atoms with van der Waals surface area (Å²) in [5.74, 6) is 0. The molecule has 0 saturated carbocycles. The van der Waals surface area contributed by atoms with Crippen LogP contribution in [-0.2, 0) is 10.0 Å². The highest BCUT2D eigenvalue weighted by Gasteiger charge is 2.17. The summed E-state index contributed by atoms with van der Waals surface area (Å²) in [5.41, 5.74) is 0. The van der Waals surface area contributed by atoms with E-state index >= 15 is 0 Å². The van der Waals surface area contributed by atoms with Gasteiger partial charge in [-0.3, -0.25) is 5.10 Å². The largest absolute Gasteiger partial charge is 0.266 e. The van der Waals surface area contributed by atoms with Crippen LogP contribution in [0, 0.1) is 11.3 Å². The van der Waals surface area contributed by atoms with Gasteiger partial charge in [0.1, 0.15) is 0 Å². The van der Waals surface area contributed by atoms with Crippen LogP contribution in [0.25, 0.3) is 0 Å². The van der Waals surface area contributed by atoms with Gasteiger partial charge in [-0.25, -0.2) is 13.1 Å². The number of sulfonamides is 1. The van der Waals surface area contributed by atoms with Gasteiger partial charge in [0, 0.05) is 6.04 Å². The summed E-state index contributed by atoms with van der Waals surface area (Å²) >= 11 is 0. The van der Waals surface area contributed by atoms with E-state index in [1.54, 1.807) is 6.92 Å². The Morgan fingerprint density at radius 2 is 2.50 bits per heavy atom. The van der Waals surface area contributed by atoms with Crippen LogP contribution in [0.5, 0.6) is 0 Å². The number of aromatic amines is 1. The topological polar surface area (TPSA) is 98.6 Å². The van der Waals surface area contributed by atoms with Crippen molar-refractivity contribution in [2.45, 2.75) is 24.4 Å². The lowest BCUT2D eigenvalue weighted by atomic mass is 10.3. The van der Waals surface area contributed by atoms with Crippen LogP contribution >= 0.6 is 0 Å². The van der Waals surface area contributed by atoms with E-state index < -0.39 is 16.1 Å². The first-order valence-corrected chi connectivity index (χ1v) is 5.43. The maximum atomic E-state index is 11.5. The van der Waals surface area contributed by atoms with Crippen molar-refractivity contribution in [3.63, 3.8) is 0 Å². The molecule has 0 amide bonds. The van der Waals surface area contributed by atoms with E-state index in [1.165, 1.54) is 12.3 Å². The van der Waals surface area contributed by atoms with Gasteiger partial charge in [0.25, 0.3) is 10.0 Å². The smallest absolute Gasteiger partial charge is 0.257 e. The number of rotatable bonds is 4. The molecule has 1 aromatic rings. The molecule has 0 saturated heterocycles. The lowest BCUT2D eigenvalue weighted by Crippen LogP contribution is -2.32. The quantitative estimate of drug-likeness (QED) is 0.736. The molecule has 1 atom stereocenters. The number of H-pyrrole nitrogens is 1. The molecule has 1 aromatic heterocycles. The molecule has 2 N–H and O–H groups in total. The van der Waals surface area contributed by atoms with Gasteiger partial charge in [0.15, 0.2) is 5.03 Å². The van der Waals surface area contributed by atoms with Crippen molar-refractivity contribution in [2.75, 3.05) is 0 Å². The Morgan fingerprint density at radius 1 is 1.79 bits per heavy atom. The van der Waals surface area contributed by atoms with Gasteiger partial charge in [0.05, 0.1) is 18.7 Å². The van der Waals surface area contributed by atoms with Crippen molar-refractivity contribution in [3.05, 3.63) is 12.3 Å². The minimum atomic E-state index is -3.56. The SMILES string of the molecule is CC(CC#N)NS(=O)(=O)c1ccn[nH]1. The summed E-state index contributed by atoms with van der Waals surface area (Å²) in [6, 6.07) is 2.82. The van der Waals surface area contributed by atoms with Crippen LogP contribution in [0.15, 0.2) is 17.3 Å². The molecular weight excluding hydrogens is 204 g/mol. The highest BCUT2D eigenvalue weighted by molar-refractivity contribution is 7.89. The lowest BCUT2D eigenvalue weighted by molar-refractivity contribution is 0.559. The van der Waals surface area contributed by atoms with Crippen molar-refractivity contribution < 1.29 is 8.42 Å². The van der Waals surface area contributed by atoms with Crippen LogP contribution in [0.2, 0.25) is 0 Å². The second-order valence-electron chi connectivity index (χ2n) is 2.81. The van der Waals surface area contributed by atoms with Crippen molar-refractivity contribution >= 4 is 10.0 Å². The standard InChI is InChI=1S/C7H10N4O2S/c1-6(2-4-8)11-14(12,13)7-3-5-9-10-7/h3,5-6,11H,2H2,1H3,(H,9,10). The minimum Gasteiger partial charge on any atom is -0.266 e. The van der Waals surface area contributed by atoms with Gasteiger partial charge in [-0.2, -0.15) is 10.4 Å². The van der Waals surface area contributed by atoms with E-state index in [0.29, 0.717) is 0 Å². The number of hydrogen-bond donors (Lipinski definition) is 2. The molecule has 7 heteroatoms. The maximum absolute atomic E-state index is 11.5. The lowest BCUT2D eigenvalue weighted by Gasteiger charge is -2.08. The van der Waals surface area contributed by atoms with E-state index in [1.807, 2.05) is 6.07 Å². The van der Waals surface area contributed by atoms with Crippen LogP contribution in [-0.4, -0.2) is 24.7 Å². The zero-order chi connectivity index (χ0) is 10.6. The van der Waals surface area contributed by atoms with E-state index in [-0.39, 0.29) is 11.4 Å². The summed E-state index contributed by atoms with van der Waals surface area (Å²) in [6.45, 7) is 1.62. The van der Waals surface area contributed by atoms with Gasteiger partial charge in [-0.1, -0.05) is 0 Å². The molecule has 0 spiro atoms. The Labute approximate surface area is 82.0 Å². The van der Waals surface area contributed by atoms with E-state index in [2.05, 4.69) is 14.9 Å². The first-order chi connectivity index (χ1) is 6.56. The molecule has 0 aliphatic heterocycles. The minimum absolute atomic E-state index is 0.00212. The third-order valence-electron chi connectivity index (χ3n) is 1.52. The summed E-state index contributed by atoms with van der Waals surface area (Å²) in [4.78, 5) is 0. The molecule has 1 heterocycles. The zero-order valence-corrected chi connectivity index (χ0v) is 8.37. The number of aromatic nitrogens is 2. The molecule has 0 aliphatic carbocycles. The normalized spacial score (nSPS) is 13.4. The third-order valence-corrected chi connectivity index (χ3v) is 3.04. The fourth-order valence-electron chi connectivity index (χ4n) is 0.900. The summed E-state index contributed by atoms with van der Waals surface area (Å²) in [7, 11) is -3.56. The van der Waals surface area contributed by atoms with Gasteiger partial charge < -0.3 is 0 Å². The highest BCUT2D eigenvalue weighted by atomic mass is 32.2. The molecule has 1 rings (SSSR count). The van der Waals surface area contributed by atoms with Crippen LogP contribution in [0.4, 0.5) is 0 Å². The number of nitrogens with one attached hydrogen (secondary N) is 2. The molecule has 14 heavy (non-hydrogen) atoms. The van der Waals surface area contributed by atoms with Gasteiger partial charge in [-0.15, -0.1) is 0 Å². The van der Waals surface area contributed by atoms with Gasteiger partial charge in [0.2, 0.25) is 0 Å². The monoisotopic (exact) mass is 214 g/mol. The molecule has 0 radical (unpaired) electrons. The number of hydrogen-bond acceptors (Lipinski definition) is 4.